The van der Waals surface area contributed by atoms with Gasteiger partial charge in [-0.2, -0.15) is 5.26 Å². The van der Waals surface area contributed by atoms with Crippen LogP contribution in [0.4, 0.5) is 0 Å². The van der Waals surface area contributed by atoms with Gasteiger partial charge in [-0.1, -0.05) is 18.5 Å². The number of hydrogen-bond acceptors (Lipinski definition) is 3. The molecule has 0 saturated heterocycles. The first-order valence-corrected chi connectivity index (χ1v) is 5.25. The van der Waals surface area contributed by atoms with Crippen molar-refractivity contribution >= 4 is 17.5 Å². The van der Waals surface area contributed by atoms with Gasteiger partial charge >= 0.3 is 0 Å². The first kappa shape index (κ1) is 12.5. The summed E-state index contributed by atoms with van der Waals surface area (Å²) in [6.07, 6.45) is 0.711. The lowest BCUT2D eigenvalue weighted by Gasteiger charge is -2.13. The van der Waals surface area contributed by atoms with E-state index >= 15 is 0 Å². The fourth-order valence-corrected chi connectivity index (χ4v) is 1.48. The van der Waals surface area contributed by atoms with E-state index in [9.17, 15) is 4.79 Å². The van der Waals surface area contributed by atoms with Crippen molar-refractivity contribution in [3.05, 3.63) is 28.5 Å². The molecule has 0 radical (unpaired) electrons. The van der Waals surface area contributed by atoms with E-state index in [0.717, 1.165) is 5.69 Å². The Hall–Kier alpha value is -1.60. The Morgan fingerprint density at radius 3 is 2.88 bits per heavy atom. The molecule has 0 aliphatic carbocycles. The molecule has 0 fully saturated rings. The summed E-state index contributed by atoms with van der Waals surface area (Å²) in [5, 5.41) is 8.80. The minimum absolute atomic E-state index is 0.0558. The minimum Gasteiger partial charge on any atom is -0.328 e. The van der Waals surface area contributed by atoms with Crippen LogP contribution in [0.2, 0.25) is 5.15 Å². The van der Waals surface area contributed by atoms with Gasteiger partial charge in [-0.25, -0.2) is 4.98 Å². The van der Waals surface area contributed by atoms with Gasteiger partial charge in [-0.3, -0.25) is 4.79 Å². The molecule has 0 aliphatic heterocycles. The first-order valence-electron chi connectivity index (χ1n) is 4.87. The van der Waals surface area contributed by atoms with E-state index in [0.29, 0.717) is 17.1 Å². The Morgan fingerprint density at radius 2 is 2.31 bits per heavy atom. The molecular formula is C11H12ClN3O. The maximum absolute atomic E-state index is 11.8. The van der Waals surface area contributed by atoms with Crippen molar-refractivity contribution in [2.24, 2.45) is 0 Å². The van der Waals surface area contributed by atoms with Crippen LogP contribution in [0.15, 0.2) is 12.1 Å². The van der Waals surface area contributed by atoms with E-state index in [1.807, 2.05) is 13.0 Å². The van der Waals surface area contributed by atoms with E-state index < -0.39 is 0 Å². The first-order chi connectivity index (χ1) is 7.58. The molecule has 1 heterocycles. The molecule has 84 valence electrons. The molecule has 0 N–H and O–H groups in total. The second-order valence-corrected chi connectivity index (χ2v) is 3.73. The van der Waals surface area contributed by atoms with Crippen LogP contribution in [0, 0.1) is 11.3 Å². The molecule has 5 heteroatoms. The third-order valence-electron chi connectivity index (χ3n) is 2.11. The molecule has 0 saturated carbocycles. The van der Waals surface area contributed by atoms with Crippen LogP contribution in [0.25, 0.3) is 0 Å². The average molecular weight is 238 g/mol. The van der Waals surface area contributed by atoms with Crippen LogP contribution < -0.4 is 0 Å². The quantitative estimate of drug-likeness (QED) is 0.596. The van der Waals surface area contributed by atoms with Gasteiger partial charge < -0.3 is 4.90 Å². The van der Waals surface area contributed by atoms with Crippen molar-refractivity contribution in [2.75, 3.05) is 13.6 Å². The van der Waals surface area contributed by atoms with E-state index in [1.165, 1.54) is 11.0 Å². The van der Waals surface area contributed by atoms with Crippen LogP contribution in [0.3, 0.4) is 0 Å². The molecule has 0 unspecified atom stereocenters. The molecule has 1 amide bonds. The highest BCUT2D eigenvalue weighted by molar-refractivity contribution is 6.29. The van der Waals surface area contributed by atoms with Crippen molar-refractivity contribution in [2.45, 2.75) is 13.3 Å². The number of amides is 1. The van der Waals surface area contributed by atoms with E-state index in [2.05, 4.69) is 4.98 Å². The summed E-state index contributed by atoms with van der Waals surface area (Å²) >= 11 is 5.81. The Labute approximate surface area is 99.5 Å². The van der Waals surface area contributed by atoms with Crippen LogP contribution in [-0.2, 0) is 6.42 Å². The summed E-state index contributed by atoms with van der Waals surface area (Å²) in [4.78, 5) is 17.3. The predicted octanol–water partition coefficient (Wildman–Crippen LogP) is 1.89. The van der Waals surface area contributed by atoms with E-state index in [4.69, 9.17) is 16.9 Å². The van der Waals surface area contributed by atoms with Crippen LogP contribution in [-0.4, -0.2) is 29.4 Å². The Morgan fingerprint density at radius 1 is 1.62 bits per heavy atom. The normalized spacial score (nSPS) is 9.62. The number of pyridine rings is 1. The summed E-state index contributed by atoms with van der Waals surface area (Å²) in [6.45, 7) is 1.99. The summed E-state index contributed by atoms with van der Waals surface area (Å²) in [5.74, 6) is -0.222. The van der Waals surface area contributed by atoms with Gasteiger partial charge in [0.2, 0.25) is 0 Å². The number of rotatable bonds is 3. The summed E-state index contributed by atoms with van der Waals surface area (Å²) in [7, 11) is 1.57. The summed E-state index contributed by atoms with van der Waals surface area (Å²) in [5.41, 5.74) is 1.23. The zero-order valence-corrected chi connectivity index (χ0v) is 9.95. The van der Waals surface area contributed by atoms with Crippen LogP contribution in [0.5, 0.6) is 0 Å². The number of hydrogen-bond donors (Lipinski definition) is 0. The third-order valence-corrected chi connectivity index (χ3v) is 2.30. The highest BCUT2D eigenvalue weighted by atomic mass is 35.5. The summed E-state index contributed by atoms with van der Waals surface area (Å²) < 4.78 is 0. The molecular weight excluding hydrogens is 226 g/mol. The van der Waals surface area contributed by atoms with Crippen molar-refractivity contribution < 1.29 is 4.79 Å². The largest absolute Gasteiger partial charge is 0.328 e. The fraction of sp³-hybridized carbons (Fsp3) is 0.364. The van der Waals surface area contributed by atoms with E-state index in [-0.39, 0.29) is 12.5 Å². The SMILES string of the molecule is CCc1cc(C(=O)N(C)CC#N)cc(Cl)n1. The smallest absolute Gasteiger partial charge is 0.254 e. The average Bonchev–Trinajstić information content (AvgIpc) is 2.27. The highest BCUT2D eigenvalue weighted by Gasteiger charge is 2.13. The lowest BCUT2D eigenvalue weighted by molar-refractivity contribution is 0.0811. The monoisotopic (exact) mass is 237 g/mol. The Bertz CT molecular complexity index is 439. The minimum atomic E-state index is -0.222. The molecule has 0 aliphatic rings. The predicted molar refractivity (Wildman–Crippen MR) is 61.2 cm³/mol. The second-order valence-electron chi connectivity index (χ2n) is 3.34. The molecule has 0 spiro atoms. The lowest BCUT2D eigenvalue weighted by Crippen LogP contribution is -2.27. The van der Waals surface area contributed by atoms with Crippen molar-refractivity contribution in [3.8, 4) is 6.07 Å². The third kappa shape index (κ3) is 2.94. The number of nitrogens with zero attached hydrogens (tertiary/aromatic N) is 3. The maximum Gasteiger partial charge on any atom is 0.254 e. The molecule has 0 atom stereocenters. The number of nitriles is 1. The van der Waals surface area contributed by atoms with Gasteiger partial charge in [0.25, 0.3) is 5.91 Å². The van der Waals surface area contributed by atoms with Gasteiger partial charge in [-0.05, 0) is 18.6 Å². The van der Waals surface area contributed by atoms with Crippen LogP contribution >= 0.6 is 11.6 Å². The molecule has 4 nitrogen and oxygen atoms in total. The molecule has 1 aromatic heterocycles. The summed E-state index contributed by atoms with van der Waals surface area (Å²) in [6, 6.07) is 5.13. The molecule has 1 rings (SSSR count). The van der Waals surface area contributed by atoms with Gasteiger partial charge in [0.15, 0.2) is 0 Å². The highest BCUT2D eigenvalue weighted by Crippen LogP contribution is 2.13. The Kier molecular flexibility index (Phi) is 4.27. The molecule has 0 aromatic carbocycles. The standard InChI is InChI=1S/C11H12ClN3O/c1-3-9-6-8(7-10(12)14-9)11(16)15(2)5-4-13/h6-7H,3,5H2,1-2H3. The molecule has 1 aromatic rings. The van der Waals surface area contributed by atoms with Gasteiger partial charge in [-0.15, -0.1) is 0 Å². The molecule has 0 bridgehead atoms. The number of carbonyl (C=O) groups excluding carboxylic acids is 1. The number of aryl methyl sites for hydroxylation is 1. The number of carbonyl (C=O) groups is 1. The zero-order valence-electron chi connectivity index (χ0n) is 9.20. The van der Waals surface area contributed by atoms with Crippen molar-refractivity contribution in [1.29, 1.82) is 5.26 Å². The molecule has 16 heavy (non-hydrogen) atoms. The lowest BCUT2D eigenvalue weighted by atomic mass is 10.2. The van der Waals surface area contributed by atoms with E-state index in [1.54, 1.807) is 13.1 Å². The fourth-order valence-electron chi connectivity index (χ4n) is 1.25. The maximum atomic E-state index is 11.8. The topological polar surface area (TPSA) is 57.0 Å². The van der Waals surface area contributed by atoms with Crippen LogP contribution in [0.1, 0.15) is 23.0 Å². The van der Waals surface area contributed by atoms with Crippen molar-refractivity contribution in [3.63, 3.8) is 0 Å². The van der Waals surface area contributed by atoms with Gasteiger partial charge in [0.05, 0.1) is 6.07 Å². The zero-order chi connectivity index (χ0) is 12.1. The van der Waals surface area contributed by atoms with Crippen molar-refractivity contribution in [1.82, 2.24) is 9.88 Å². The second kappa shape index (κ2) is 5.47. The number of aromatic nitrogens is 1. The number of halogens is 1. The Balaban J connectivity index is 3.00. The van der Waals surface area contributed by atoms with Gasteiger partial charge in [0.1, 0.15) is 11.7 Å². The van der Waals surface area contributed by atoms with Gasteiger partial charge in [0, 0.05) is 18.3 Å².